The molecule has 0 bridgehead atoms. The molecule has 0 saturated heterocycles. The molecule has 3 nitrogen and oxygen atoms in total. The highest BCUT2D eigenvalue weighted by Gasteiger charge is 2.11. The molecule has 0 aromatic carbocycles. The number of aliphatic imine (C=N–C) groups is 1. The highest BCUT2D eigenvalue weighted by molar-refractivity contribution is 5.90. The Morgan fingerprint density at radius 1 is 1.14 bits per heavy atom. The largest absolute Gasteiger partial charge is 0.375 e. The summed E-state index contributed by atoms with van der Waals surface area (Å²) in [5, 5.41) is 8.69. The van der Waals surface area contributed by atoms with Crippen molar-refractivity contribution < 1.29 is 9.90 Å². The van der Waals surface area contributed by atoms with Gasteiger partial charge in [-0.25, -0.2) is 0 Å². The quantitative estimate of drug-likeness (QED) is 0.665. The normalized spacial score (nSPS) is 12.6. The second-order valence-electron chi connectivity index (χ2n) is 4.07. The number of hydrogen-bond donors (Lipinski definition) is 1. The van der Waals surface area contributed by atoms with Gasteiger partial charge in [-0.3, -0.25) is 9.79 Å². The van der Waals surface area contributed by atoms with E-state index < -0.39 is 0 Å². The lowest BCUT2D eigenvalue weighted by Gasteiger charge is -2.10. The summed E-state index contributed by atoms with van der Waals surface area (Å²) < 4.78 is 0. The van der Waals surface area contributed by atoms with Gasteiger partial charge in [-0.05, 0) is 12.3 Å². The maximum Gasteiger partial charge on any atom is 0.135 e. The van der Waals surface area contributed by atoms with Gasteiger partial charge in [0.1, 0.15) is 12.5 Å². The van der Waals surface area contributed by atoms with E-state index in [4.69, 9.17) is 5.11 Å². The molecule has 0 spiro atoms. The first-order valence-corrected chi connectivity index (χ1v) is 5.15. The summed E-state index contributed by atoms with van der Waals surface area (Å²) in [7, 11) is 0. The molecule has 0 fully saturated rings. The summed E-state index contributed by atoms with van der Waals surface area (Å²) in [5.41, 5.74) is 0.932. The van der Waals surface area contributed by atoms with Crippen LogP contribution in [0.4, 0.5) is 0 Å². The first kappa shape index (κ1) is 13.3. The van der Waals surface area contributed by atoms with Crippen LogP contribution < -0.4 is 0 Å². The van der Waals surface area contributed by atoms with Crippen molar-refractivity contribution in [3.8, 4) is 0 Å². The van der Waals surface area contributed by atoms with Gasteiger partial charge >= 0.3 is 0 Å². The molecular weight excluding hydrogens is 178 g/mol. The molecule has 14 heavy (non-hydrogen) atoms. The van der Waals surface area contributed by atoms with Gasteiger partial charge in [0.25, 0.3) is 0 Å². The highest BCUT2D eigenvalue weighted by atomic mass is 16.3. The Balaban J connectivity index is 4.08. The molecule has 0 saturated carbocycles. The third-order valence-electron chi connectivity index (χ3n) is 2.21. The zero-order valence-electron chi connectivity index (χ0n) is 9.58. The summed E-state index contributed by atoms with van der Waals surface area (Å²) in [6.45, 7) is 7.67. The number of carbonyl (C=O) groups is 1. The van der Waals surface area contributed by atoms with Crippen LogP contribution in [0.15, 0.2) is 4.99 Å². The van der Waals surface area contributed by atoms with Gasteiger partial charge in [-0.15, -0.1) is 0 Å². The Bertz CT molecular complexity index is 207. The second kappa shape index (κ2) is 6.71. The fourth-order valence-corrected chi connectivity index (χ4v) is 1.18. The van der Waals surface area contributed by atoms with Crippen LogP contribution in [0, 0.1) is 11.8 Å². The number of ketones is 1. The second-order valence-corrected chi connectivity index (χ2v) is 4.07. The smallest absolute Gasteiger partial charge is 0.135 e. The fourth-order valence-electron chi connectivity index (χ4n) is 1.18. The predicted octanol–water partition coefficient (Wildman–Crippen LogP) is 2.04. The molecule has 0 aromatic heterocycles. The van der Waals surface area contributed by atoms with Gasteiger partial charge in [-0.2, -0.15) is 0 Å². The number of nitrogens with zero attached hydrogens (tertiary/aromatic N) is 1. The van der Waals surface area contributed by atoms with Gasteiger partial charge in [-0.1, -0.05) is 27.7 Å². The summed E-state index contributed by atoms with van der Waals surface area (Å²) in [4.78, 5) is 15.3. The monoisotopic (exact) mass is 199 g/mol. The van der Waals surface area contributed by atoms with E-state index in [0.29, 0.717) is 18.8 Å². The van der Waals surface area contributed by atoms with Gasteiger partial charge in [0.2, 0.25) is 0 Å². The molecule has 0 atom stereocenters. The first-order chi connectivity index (χ1) is 6.49. The van der Waals surface area contributed by atoms with Gasteiger partial charge in [0, 0.05) is 18.1 Å². The third-order valence-corrected chi connectivity index (χ3v) is 2.21. The molecule has 82 valence electrons. The minimum absolute atomic E-state index is 0.0949. The van der Waals surface area contributed by atoms with E-state index in [2.05, 4.69) is 4.99 Å². The SMILES string of the molecule is CC(C)C(=O)CCC(=NCO)C(C)C. The van der Waals surface area contributed by atoms with E-state index in [1.54, 1.807) is 0 Å². The minimum atomic E-state index is -0.177. The number of aliphatic hydroxyl groups is 1. The van der Waals surface area contributed by atoms with Crippen molar-refractivity contribution in [3.63, 3.8) is 0 Å². The van der Waals surface area contributed by atoms with Crippen LogP contribution in [-0.2, 0) is 4.79 Å². The lowest BCUT2D eigenvalue weighted by molar-refractivity contribution is -0.121. The average molecular weight is 199 g/mol. The summed E-state index contributed by atoms with van der Waals surface area (Å²) >= 11 is 0. The molecular formula is C11H21NO2. The Labute approximate surface area is 86.2 Å². The van der Waals surface area contributed by atoms with E-state index in [9.17, 15) is 4.79 Å². The topological polar surface area (TPSA) is 49.7 Å². The summed E-state index contributed by atoms with van der Waals surface area (Å²) in [6.07, 6.45) is 1.21. The maximum atomic E-state index is 11.4. The van der Waals surface area contributed by atoms with E-state index in [0.717, 1.165) is 5.71 Å². The van der Waals surface area contributed by atoms with Crippen LogP contribution in [0.1, 0.15) is 40.5 Å². The van der Waals surface area contributed by atoms with Crippen LogP contribution in [0.2, 0.25) is 0 Å². The molecule has 3 heteroatoms. The number of carbonyl (C=O) groups excluding carboxylic acids is 1. The molecule has 0 aliphatic heterocycles. The lowest BCUT2D eigenvalue weighted by atomic mass is 9.98. The highest BCUT2D eigenvalue weighted by Crippen LogP contribution is 2.08. The first-order valence-electron chi connectivity index (χ1n) is 5.15. The molecule has 0 aromatic rings. The Kier molecular flexibility index (Phi) is 6.37. The minimum Gasteiger partial charge on any atom is -0.375 e. The predicted molar refractivity (Wildman–Crippen MR) is 58.4 cm³/mol. The molecule has 0 amide bonds. The van der Waals surface area contributed by atoms with Crippen LogP contribution in [0.5, 0.6) is 0 Å². The molecule has 0 radical (unpaired) electrons. The molecule has 0 aliphatic rings. The van der Waals surface area contributed by atoms with E-state index in [-0.39, 0.29) is 18.4 Å². The summed E-state index contributed by atoms with van der Waals surface area (Å²) in [6, 6.07) is 0. The number of rotatable bonds is 6. The fraction of sp³-hybridized carbons (Fsp3) is 0.818. The van der Waals surface area contributed by atoms with E-state index >= 15 is 0 Å². The Hall–Kier alpha value is -0.700. The number of aliphatic hydroxyl groups excluding tert-OH is 1. The molecule has 0 heterocycles. The Morgan fingerprint density at radius 2 is 1.71 bits per heavy atom. The Morgan fingerprint density at radius 3 is 2.07 bits per heavy atom. The van der Waals surface area contributed by atoms with Crippen molar-refractivity contribution in [2.45, 2.75) is 40.5 Å². The number of hydrogen-bond acceptors (Lipinski definition) is 3. The van der Waals surface area contributed by atoms with Crippen molar-refractivity contribution in [1.29, 1.82) is 0 Å². The third kappa shape index (κ3) is 5.12. The standard InChI is InChI=1S/C11H21NO2/c1-8(2)10(12-7-13)5-6-11(14)9(3)4/h8-9,13H,5-7H2,1-4H3. The van der Waals surface area contributed by atoms with Crippen molar-refractivity contribution in [1.82, 2.24) is 0 Å². The van der Waals surface area contributed by atoms with Gasteiger partial charge in [0.05, 0.1) is 0 Å². The maximum absolute atomic E-state index is 11.4. The molecule has 0 aliphatic carbocycles. The van der Waals surface area contributed by atoms with Crippen molar-refractivity contribution in [2.75, 3.05) is 6.73 Å². The van der Waals surface area contributed by atoms with Crippen LogP contribution >= 0.6 is 0 Å². The van der Waals surface area contributed by atoms with Crippen molar-refractivity contribution in [2.24, 2.45) is 16.8 Å². The van der Waals surface area contributed by atoms with Crippen LogP contribution in [-0.4, -0.2) is 23.3 Å². The molecule has 1 N–H and O–H groups in total. The van der Waals surface area contributed by atoms with Gasteiger partial charge in [0.15, 0.2) is 0 Å². The zero-order valence-corrected chi connectivity index (χ0v) is 9.58. The lowest BCUT2D eigenvalue weighted by Crippen LogP contribution is -2.14. The summed E-state index contributed by atoms with van der Waals surface area (Å²) in [5.74, 6) is 0.663. The van der Waals surface area contributed by atoms with Crippen LogP contribution in [0.25, 0.3) is 0 Å². The van der Waals surface area contributed by atoms with Crippen molar-refractivity contribution in [3.05, 3.63) is 0 Å². The van der Waals surface area contributed by atoms with E-state index in [1.807, 2.05) is 27.7 Å². The average Bonchev–Trinajstić information content (AvgIpc) is 2.10. The van der Waals surface area contributed by atoms with E-state index in [1.165, 1.54) is 0 Å². The zero-order chi connectivity index (χ0) is 11.1. The van der Waals surface area contributed by atoms with Crippen LogP contribution in [0.3, 0.4) is 0 Å². The van der Waals surface area contributed by atoms with Crippen molar-refractivity contribution >= 4 is 11.5 Å². The molecule has 0 rings (SSSR count). The van der Waals surface area contributed by atoms with Gasteiger partial charge < -0.3 is 5.11 Å². The number of Topliss-reactive ketones (excluding diaryl/α,β-unsaturated/α-hetero) is 1. The molecule has 0 unspecified atom stereocenters.